The van der Waals surface area contributed by atoms with Gasteiger partial charge >= 0.3 is 0 Å². The van der Waals surface area contributed by atoms with Gasteiger partial charge in [-0.15, -0.1) is 11.3 Å². The summed E-state index contributed by atoms with van der Waals surface area (Å²) < 4.78 is 0. The van der Waals surface area contributed by atoms with Crippen LogP contribution >= 0.6 is 11.3 Å². The van der Waals surface area contributed by atoms with E-state index in [1.165, 1.54) is 11.3 Å². The lowest BCUT2D eigenvalue weighted by molar-refractivity contribution is -0.117. The highest BCUT2D eigenvalue weighted by molar-refractivity contribution is 7.12. The molecule has 1 aliphatic rings. The lowest BCUT2D eigenvalue weighted by Gasteiger charge is -2.17. The SMILES string of the molecule is O=C(Nc1cccc(N2CCCC2=O)c1)c1cccc(NC(=O)c2cccs2)c1. The van der Waals surface area contributed by atoms with E-state index in [4.69, 9.17) is 0 Å². The van der Waals surface area contributed by atoms with Gasteiger partial charge < -0.3 is 15.5 Å². The van der Waals surface area contributed by atoms with Crippen molar-refractivity contribution in [3.05, 3.63) is 76.5 Å². The fourth-order valence-electron chi connectivity index (χ4n) is 3.21. The van der Waals surface area contributed by atoms with Gasteiger partial charge in [0.25, 0.3) is 11.8 Å². The first kappa shape index (κ1) is 18.9. The van der Waals surface area contributed by atoms with Crippen molar-refractivity contribution in [1.29, 1.82) is 0 Å². The Balaban J connectivity index is 1.46. The van der Waals surface area contributed by atoms with Crippen LogP contribution in [0.4, 0.5) is 17.1 Å². The van der Waals surface area contributed by atoms with Crippen LogP contribution in [-0.2, 0) is 4.79 Å². The quantitative estimate of drug-likeness (QED) is 0.661. The number of hydrogen-bond donors (Lipinski definition) is 2. The van der Waals surface area contributed by atoms with Gasteiger partial charge in [-0.1, -0.05) is 18.2 Å². The van der Waals surface area contributed by atoms with Crippen molar-refractivity contribution in [1.82, 2.24) is 0 Å². The topological polar surface area (TPSA) is 78.5 Å². The third kappa shape index (κ3) is 4.35. The summed E-state index contributed by atoms with van der Waals surface area (Å²) in [4.78, 5) is 39.2. The van der Waals surface area contributed by atoms with Crippen LogP contribution < -0.4 is 15.5 Å². The van der Waals surface area contributed by atoms with Gasteiger partial charge in [0.1, 0.15) is 0 Å². The Kier molecular flexibility index (Phi) is 5.39. The van der Waals surface area contributed by atoms with Crippen molar-refractivity contribution in [3.63, 3.8) is 0 Å². The van der Waals surface area contributed by atoms with Crippen LogP contribution in [0.15, 0.2) is 66.0 Å². The maximum atomic E-state index is 12.7. The van der Waals surface area contributed by atoms with Gasteiger partial charge in [0.15, 0.2) is 0 Å². The van der Waals surface area contributed by atoms with Crippen molar-refractivity contribution in [2.24, 2.45) is 0 Å². The van der Waals surface area contributed by atoms with Crippen molar-refractivity contribution in [2.45, 2.75) is 12.8 Å². The first-order valence-electron chi connectivity index (χ1n) is 9.27. The Bertz CT molecular complexity index is 1060. The van der Waals surface area contributed by atoms with Gasteiger partial charge in [-0.2, -0.15) is 0 Å². The molecule has 2 heterocycles. The standard InChI is InChI=1S/C22H19N3O3S/c26-20-10-3-11-25(20)18-8-2-7-17(14-18)23-21(27)15-5-1-6-16(13-15)24-22(28)19-9-4-12-29-19/h1-2,4-9,12-14H,3,10-11H2,(H,23,27)(H,24,28). The molecule has 0 unspecified atom stereocenters. The zero-order valence-corrected chi connectivity index (χ0v) is 16.4. The molecular formula is C22H19N3O3S. The van der Waals surface area contributed by atoms with Crippen LogP contribution in [0.2, 0.25) is 0 Å². The van der Waals surface area contributed by atoms with E-state index in [0.29, 0.717) is 34.8 Å². The minimum Gasteiger partial charge on any atom is -0.322 e. The smallest absolute Gasteiger partial charge is 0.265 e. The first-order chi connectivity index (χ1) is 14.1. The third-order valence-electron chi connectivity index (χ3n) is 4.62. The molecule has 1 saturated heterocycles. The fourth-order valence-corrected chi connectivity index (χ4v) is 3.83. The largest absolute Gasteiger partial charge is 0.322 e. The average Bonchev–Trinajstić information content (AvgIpc) is 3.40. The molecule has 0 bridgehead atoms. The Morgan fingerprint density at radius 2 is 1.66 bits per heavy atom. The highest BCUT2D eigenvalue weighted by Gasteiger charge is 2.21. The van der Waals surface area contributed by atoms with E-state index in [1.807, 2.05) is 23.6 Å². The highest BCUT2D eigenvalue weighted by atomic mass is 32.1. The monoisotopic (exact) mass is 405 g/mol. The molecule has 6 nitrogen and oxygen atoms in total. The minimum absolute atomic E-state index is 0.0997. The summed E-state index contributed by atoms with van der Waals surface area (Å²) in [7, 11) is 0. The van der Waals surface area contributed by atoms with Crippen molar-refractivity contribution >= 4 is 46.1 Å². The number of rotatable bonds is 5. The van der Waals surface area contributed by atoms with Gasteiger partial charge in [0, 0.05) is 35.6 Å². The van der Waals surface area contributed by atoms with Gasteiger partial charge in [0.2, 0.25) is 5.91 Å². The van der Waals surface area contributed by atoms with Gasteiger partial charge in [-0.05, 0) is 54.3 Å². The molecule has 0 aliphatic carbocycles. The molecule has 7 heteroatoms. The zero-order chi connectivity index (χ0) is 20.2. The molecule has 1 fully saturated rings. The molecule has 1 aliphatic heterocycles. The molecule has 146 valence electrons. The number of hydrogen-bond acceptors (Lipinski definition) is 4. The number of carbonyl (C=O) groups is 3. The number of anilines is 3. The Morgan fingerprint density at radius 1 is 0.897 bits per heavy atom. The lowest BCUT2D eigenvalue weighted by atomic mass is 10.1. The molecular weight excluding hydrogens is 386 g/mol. The van der Waals surface area contributed by atoms with Crippen molar-refractivity contribution in [3.8, 4) is 0 Å². The van der Waals surface area contributed by atoms with E-state index in [0.717, 1.165) is 12.1 Å². The van der Waals surface area contributed by atoms with E-state index < -0.39 is 0 Å². The summed E-state index contributed by atoms with van der Waals surface area (Å²) in [6, 6.07) is 17.6. The van der Waals surface area contributed by atoms with Crippen LogP contribution in [0.1, 0.15) is 32.9 Å². The Morgan fingerprint density at radius 3 is 2.38 bits per heavy atom. The van der Waals surface area contributed by atoms with Crippen molar-refractivity contribution in [2.75, 3.05) is 22.1 Å². The normalized spacial score (nSPS) is 13.4. The van der Waals surface area contributed by atoms with E-state index in [9.17, 15) is 14.4 Å². The maximum absolute atomic E-state index is 12.7. The molecule has 29 heavy (non-hydrogen) atoms. The summed E-state index contributed by atoms with van der Waals surface area (Å²) in [5.41, 5.74) is 2.37. The van der Waals surface area contributed by atoms with Crippen LogP contribution in [0, 0.1) is 0 Å². The molecule has 0 radical (unpaired) electrons. The molecule has 0 spiro atoms. The molecule has 2 aromatic carbocycles. The van der Waals surface area contributed by atoms with E-state index in [1.54, 1.807) is 47.4 Å². The molecule has 1 aromatic heterocycles. The number of thiophene rings is 1. The Hall–Kier alpha value is -3.45. The lowest BCUT2D eigenvalue weighted by Crippen LogP contribution is -2.23. The summed E-state index contributed by atoms with van der Waals surface area (Å²) in [6.45, 7) is 0.697. The second-order valence-electron chi connectivity index (χ2n) is 6.67. The fraction of sp³-hybridized carbons (Fsp3) is 0.136. The van der Waals surface area contributed by atoms with Crippen LogP contribution in [-0.4, -0.2) is 24.3 Å². The summed E-state index contributed by atoms with van der Waals surface area (Å²) >= 11 is 1.36. The number of carbonyl (C=O) groups excluding carboxylic acids is 3. The number of benzene rings is 2. The number of nitrogens with zero attached hydrogens (tertiary/aromatic N) is 1. The summed E-state index contributed by atoms with van der Waals surface area (Å²) in [5, 5.41) is 7.50. The van der Waals surface area contributed by atoms with E-state index >= 15 is 0 Å². The minimum atomic E-state index is -0.290. The highest BCUT2D eigenvalue weighted by Crippen LogP contribution is 2.25. The molecule has 0 saturated carbocycles. The molecule has 3 aromatic rings. The molecule has 0 atom stereocenters. The number of amides is 3. The summed E-state index contributed by atoms with van der Waals surface area (Å²) in [5.74, 6) is -0.398. The third-order valence-corrected chi connectivity index (χ3v) is 5.49. The average molecular weight is 405 g/mol. The summed E-state index contributed by atoms with van der Waals surface area (Å²) in [6.07, 6.45) is 1.40. The predicted molar refractivity (Wildman–Crippen MR) is 115 cm³/mol. The van der Waals surface area contributed by atoms with Crippen molar-refractivity contribution < 1.29 is 14.4 Å². The van der Waals surface area contributed by atoms with Crippen LogP contribution in [0.3, 0.4) is 0 Å². The maximum Gasteiger partial charge on any atom is 0.265 e. The Labute approximate surface area is 172 Å². The predicted octanol–water partition coefficient (Wildman–Crippen LogP) is 4.38. The molecule has 2 N–H and O–H groups in total. The molecule has 4 rings (SSSR count). The van der Waals surface area contributed by atoms with Crippen LogP contribution in [0.25, 0.3) is 0 Å². The number of nitrogens with one attached hydrogen (secondary N) is 2. The zero-order valence-electron chi connectivity index (χ0n) is 15.6. The van der Waals surface area contributed by atoms with E-state index in [2.05, 4.69) is 10.6 Å². The van der Waals surface area contributed by atoms with Crippen LogP contribution in [0.5, 0.6) is 0 Å². The van der Waals surface area contributed by atoms with E-state index in [-0.39, 0.29) is 17.7 Å². The second-order valence-corrected chi connectivity index (χ2v) is 7.61. The first-order valence-corrected chi connectivity index (χ1v) is 10.1. The van der Waals surface area contributed by atoms with Gasteiger partial charge in [0.05, 0.1) is 4.88 Å². The van der Waals surface area contributed by atoms with Gasteiger partial charge in [-0.25, -0.2) is 0 Å². The second kappa shape index (κ2) is 8.28. The van der Waals surface area contributed by atoms with Gasteiger partial charge in [-0.3, -0.25) is 14.4 Å². The molecule has 3 amide bonds.